The van der Waals surface area contributed by atoms with Crippen LogP contribution in [0.2, 0.25) is 0 Å². The molecule has 1 N–H and O–H groups in total. The van der Waals surface area contributed by atoms with E-state index in [2.05, 4.69) is 10.3 Å². The zero-order chi connectivity index (χ0) is 18.2. The van der Waals surface area contributed by atoms with Crippen LogP contribution in [0.25, 0.3) is 0 Å². The van der Waals surface area contributed by atoms with E-state index in [1.165, 1.54) is 0 Å². The lowest BCUT2D eigenvalue weighted by Crippen LogP contribution is -2.31. The number of benzene rings is 2. The normalized spacial score (nSPS) is 11.7. The van der Waals surface area contributed by atoms with Gasteiger partial charge >= 0.3 is 0 Å². The molecular formula is C21H23N3O2. The molecular weight excluding hydrogens is 326 g/mol. The first-order valence-corrected chi connectivity index (χ1v) is 8.67. The number of hydrogen-bond acceptors (Lipinski definition) is 3. The van der Waals surface area contributed by atoms with Crippen molar-refractivity contribution in [3.05, 3.63) is 84.4 Å². The van der Waals surface area contributed by atoms with Gasteiger partial charge in [-0.3, -0.25) is 4.79 Å². The van der Waals surface area contributed by atoms with Gasteiger partial charge in [0.05, 0.1) is 19.5 Å². The van der Waals surface area contributed by atoms with Gasteiger partial charge in [0.15, 0.2) is 0 Å². The lowest BCUT2D eigenvalue weighted by Gasteiger charge is -2.20. The van der Waals surface area contributed by atoms with Gasteiger partial charge in [-0.05, 0) is 29.7 Å². The number of hydrogen-bond donors (Lipinski definition) is 1. The van der Waals surface area contributed by atoms with E-state index in [1.54, 1.807) is 19.6 Å². The second kappa shape index (κ2) is 8.85. The Bertz CT molecular complexity index is 816. The molecule has 5 nitrogen and oxygen atoms in total. The van der Waals surface area contributed by atoms with Gasteiger partial charge in [0, 0.05) is 25.4 Å². The molecule has 0 radical (unpaired) electrons. The van der Waals surface area contributed by atoms with E-state index in [9.17, 15) is 4.79 Å². The number of carbonyl (C=O) groups is 1. The number of imidazole rings is 1. The number of nitrogens with one attached hydrogen (secondary N) is 1. The highest BCUT2D eigenvalue weighted by molar-refractivity contribution is 5.76. The van der Waals surface area contributed by atoms with Crippen LogP contribution in [0, 0.1) is 0 Å². The van der Waals surface area contributed by atoms with Gasteiger partial charge in [0.1, 0.15) is 5.75 Å². The van der Waals surface area contributed by atoms with Gasteiger partial charge in [0.25, 0.3) is 0 Å². The summed E-state index contributed by atoms with van der Waals surface area (Å²) < 4.78 is 7.21. The first kappa shape index (κ1) is 17.7. The molecule has 3 aromatic rings. The summed E-state index contributed by atoms with van der Waals surface area (Å²) in [6, 6.07) is 17.7. The maximum Gasteiger partial charge on any atom is 0.220 e. The van der Waals surface area contributed by atoms with Gasteiger partial charge in [-0.2, -0.15) is 0 Å². The topological polar surface area (TPSA) is 56.1 Å². The zero-order valence-electron chi connectivity index (χ0n) is 14.8. The third kappa shape index (κ3) is 4.96. The highest BCUT2D eigenvalue weighted by atomic mass is 16.5. The largest absolute Gasteiger partial charge is 0.497 e. The maximum absolute atomic E-state index is 12.5. The van der Waals surface area contributed by atoms with Crippen LogP contribution in [-0.2, 0) is 17.8 Å². The number of aryl methyl sites for hydroxylation is 1. The van der Waals surface area contributed by atoms with Crippen LogP contribution in [0.1, 0.15) is 23.6 Å². The molecule has 0 bridgehead atoms. The van der Waals surface area contributed by atoms with Crippen molar-refractivity contribution >= 4 is 5.91 Å². The predicted molar refractivity (Wildman–Crippen MR) is 101 cm³/mol. The minimum Gasteiger partial charge on any atom is -0.497 e. The molecule has 1 amide bonds. The summed E-state index contributed by atoms with van der Waals surface area (Å²) in [4.78, 5) is 16.6. The molecule has 1 unspecified atom stereocenters. The molecule has 1 heterocycles. The number of nitrogens with zero attached hydrogens (tertiary/aromatic N) is 2. The number of methoxy groups -OCH3 is 1. The molecule has 134 valence electrons. The average molecular weight is 349 g/mol. The third-order valence-corrected chi connectivity index (χ3v) is 4.26. The van der Waals surface area contributed by atoms with E-state index >= 15 is 0 Å². The van der Waals surface area contributed by atoms with E-state index in [0.29, 0.717) is 19.4 Å². The summed E-state index contributed by atoms with van der Waals surface area (Å²) in [5.41, 5.74) is 2.17. The highest BCUT2D eigenvalue weighted by Crippen LogP contribution is 2.17. The standard InChI is InChI=1S/C21H23N3O2/c1-26-19-9-5-6-17(14-19)10-11-21(25)23-20(15-24-13-12-22-16-24)18-7-3-2-4-8-18/h2-9,12-14,16,20H,10-11,15H2,1H3,(H,23,25). The summed E-state index contributed by atoms with van der Waals surface area (Å²) >= 11 is 0. The minimum atomic E-state index is -0.0943. The fourth-order valence-corrected chi connectivity index (χ4v) is 2.88. The van der Waals surface area contributed by atoms with E-state index < -0.39 is 0 Å². The molecule has 5 heteroatoms. The van der Waals surface area contributed by atoms with E-state index in [4.69, 9.17) is 4.74 Å². The van der Waals surface area contributed by atoms with Crippen molar-refractivity contribution in [3.8, 4) is 5.75 Å². The lowest BCUT2D eigenvalue weighted by molar-refractivity contribution is -0.121. The molecule has 2 aromatic carbocycles. The van der Waals surface area contributed by atoms with Gasteiger partial charge < -0.3 is 14.6 Å². The van der Waals surface area contributed by atoms with Crippen molar-refractivity contribution in [2.75, 3.05) is 7.11 Å². The Hall–Kier alpha value is -3.08. The Kier molecular flexibility index (Phi) is 6.04. The average Bonchev–Trinajstić information content (AvgIpc) is 3.20. The summed E-state index contributed by atoms with van der Waals surface area (Å²) in [7, 11) is 1.65. The summed E-state index contributed by atoms with van der Waals surface area (Å²) in [6.07, 6.45) is 6.51. The molecule has 3 rings (SSSR count). The Labute approximate surface area is 153 Å². The maximum atomic E-state index is 12.5. The second-order valence-corrected chi connectivity index (χ2v) is 6.14. The van der Waals surface area contributed by atoms with Crippen molar-refractivity contribution in [1.82, 2.24) is 14.9 Å². The molecule has 1 atom stereocenters. The summed E-state index contributed by atoms with van der Waals surface area (Å²) in [6.45, 7) is 0.648. The van der Waals surface area contributed by atoms with Crippen molar-refractivity contribution in [3.63, 3.8) is 0 Å². The summed E-state index contributed by atoms with van der Waals surface area (Å²) in [5.74, 6) is 0.840. The molecule has 0 fully saturated rings. The molecule has 26 heavy (non-hydrogen) atoms. The number of ether oxygens (including phenoxy) is 1. The molecule has 0 aliphatic carbocycles. The first-order chi connectivity index (χ1) is 12.7. The van der Waals surface area contributed by atoms with Crippen LogP contribution in [0.15, 0.2) is 73.3 Å². The number of rotatable bonds is 8. The van der Waals surface area contributed by atoms with Gasteiger partial charge in [-0.25, -0.2) is 4.98 Å². The van der Waals surface area contributed by atoms with Gasteiger partial charge in [-0.15, -0.1) is 0 Å². The molecule has 0 saturated carbocycles. The monoisotopic (exact) mass is 349 g/mol. The minimum absolute atomic E-state index is 0.0294. The first-order valence-electron chi connectivity index (χ1n) is 8.67. The number of carbonyl (C=O) groups excluding carboxylic acids is 1. The van der Waals surface area contributed by atoms with Crippen LogP contribution in [0.4, 0.5) is 0 Å². The molecule has 0 aliphatic heterocycles. The number of aromatic nitrogens is 2. The van der Waals surface area contributed by atoms with Crippen LogP contribution >= 0.6 is 0 Å². The highest BCUT2D eigenvalue weighted by Gasteiger charge is 2.15. The second-order valence-electron chi connectivity index (χ2n) is 6.14. The quantitative estimate of drug-likeness (QED) is 0.678. The Morgan fingerprint density at radius 3 is 2.77 bits per heavy atom. The van der Waals surface area contributed by atoms with Crippen LogP contribution in [-0.4, -0.2) is 22.6 Å². The Morgan fingerprint density at radius 1 is 1.19 bits per heavy atom. The third-order valence-electron chi connectivity index (χ3n) is 4.26. The van der Waals surface area contributed by atoms with Gasteiger partial charge in [0.2, 0.25) is 5.91 Å². The Balaban J connectivity index is 1.63. The van der Waals surface area contributed by atoms with Crippen LogP contribution in [0.5, 0.6) is 5.75 Å². The molecule has 1 aromatic heterocycles. The van der Waals surface area contributed by atoms with Crippen molar-refractivity contribution in [1.29, 1.82) is 0 Å². The Morgan fingerprint density at radius 2 is 2.04 bits per heavy atom. The van der Waals surface area contributed by atoms with Gasteiger partial charge in [-0.1, -0.05) is 42.5 Å². The van der Waals surface area contributed by atoms with Crippen LogP contribution < -0.4 is 10.1 Å². The zero-order valence-corrected chi connectivity index (χ0v) is 14.8. The SMILES string of the molecule is COc1cccc(CCC(=O)NC(Cn2ccnc2)c2ccccc2)c1. The van der Waals surface area contributed by atoms with Crippen molar-refractivity contribution < 1.29 is 9.53 Å². The van der Waals surface area contributed by atoms with E-state index in [-0.39, 0.29) is 11.9 Å². The molecule has 0 spiro atoms. The van der Waals surface area contributed by atoms with Crippen LogP contribution in [0.3, 0.4) is 0 Å². The van der Waals surface area contributed by atoms with Crippen molar-refractivity contribution in [2.45, 2.75) is 25.4 Å². The fraction of sp³-hybridized carbons (Fsp3) is 0.238. The van der Waals surface area contributed by atoms with Crippen molar-refractivity contribution in [2.24, 2.45) is 0 Å². The lowest BCUT2D eigenvalue weighted by atomic mass is 10.1. The number of amides is 1. The molecule has 0 aliphatic rings. The molecule has 0 saturated heterocycles. The van der Waals surface area contributed by atoms with E-state index in [1.807, 2.05) is 65.4 Å². The smallest absolute Gasteiger partial charge is 0.220 e. The predicted octanol–water partition coefficient (Wildman–Crippen LogP) is 3.38. The summed E-state index contributed by atoms with van der Waals surface area (Å²) in [5, 5.41) is 3.15. The van der Waals surface area contributed by atoms with E-state index in [0.717, 1.165) is 16.9 Å². The fourth-order valence-electron chi connectivity index (χ4n) is 2.88.